The van der Waals surface area contributed by atoms with E-state index in [0.29, 0.717) is 6.61 Å². The fraction of sp³-hybridized carbons (Fsp3) is 0.760. The van der Waals surface area contributed by atoms with Gasteiger partial charge in [0, 0.05) is 19.7 Å². The second kappa shape index (κ2) is 12.9. The maximum atomic E-state index is 9.92. The minimum Gasteiger partial charge on any atom is -0.389 e. The largest absolute Gasteiger partial charge is 0.389 e. The highest BCUT2D eigenvalue weighted by Gasteiger charge is 2.35. The number of unbranched alkanes of at least 4 members (excludes halogenated alkanes) is 3. The number of rotatable bonds is 10. The molecule has 2 fully saturated rings. The van der Waals surface area contributed by atoms with Crippen LogP contribution in [-0.4, -0.2) is 76.0 Å². The van der Waals surface area contributed by atoms with Gasteiger partial charge in [-0.3, -0.25) is 4.90 Å². The molecule has 1 saturated carbocycles. The average Bonchev–Trinajstić information content (AvgIpc) is 2.88. The Morgan fingerprint density at radius 2 is 1.52 bits per heavy atom. The summed E-state index contributed by atoms with van der Waals surface area (Å²) in [6, 6.07) is 8.92. The topological polar surface area (TPSA) is 93.4 Å². The molecule has 6 nitrogen and oxygen atoms in total. The van der Waals surface area contributed by atoms with Gasteiger partial charge in [0.2, 0.25) is 0 Å². The molecule has 0 unspecified atom stereocenters. The molecule has 1 aliphatic heterocycles. The highest BCUT2D eigenvalue weighted by Crippen LogP contribution is 2.32. The summed E-state index contributed by atoms with van der Waals surface area (Å²) >= 11 is 0. The van der Waals surface area contributed by atoms with Crippen LogP contribution >= 0.6 is 0 Å². The van der Waals surface area contributed by atoms with Crippen molar-refractivity contribution in [2.75, 3.05) is 26.2 Å². The van der Waals surface area contributed by atoms with E-state index in [9.17, 15) is 20.4 Å². The summed E-state index contributed by atoms with van der Waals surface area (Å²) in [5.41, 5.74) is 2.75. The van der Waals surface area contributed by atoms with E-state index < -0.39 is 24.4 Å². The summed E-state index contributed by atoms with van der Waals surface area (Å²) in [5, 5.41) is 39.4. The van der Waals surface area contributed by atoms with E-state index in [1.807, 2.05) is 4.90 Å². The van der Waals surface area contributed by atoms with Crippen molar-refractivity contribution in [2.24, 2.45) is 0 Å². The van der Waals surface area contributed by atoms with Crippen LogP contribution in [-0.2, 0) is 11.3 Å². The van der Waals surface area contributed by atoms with Gasteiger partial charge >= 0.3 is 0 Å². The molecule has 1 aromatic carbocycles. The first kappa shape index (κ1) is 24.6. The number of likely N-dealkylation sites (tertiary alicyclic amines) is 1. The number of hydrogen-bond acceptors (Lipinski definition) is 6. The van der Waals surface area contributed by atoms with Gasteiger partial charge in [0.15, 0.2) is 0 Å². The van der Waals surface area contributed by atoms with Gasteiger partial charge in [-0.2, -0.15) is 0 Å². The van der Waals surface area contributed by atoms with Crippen LogP contribution < -0.4 is 0 Å². The highest BCUT2D eigenvalue weighted by atomic mass is 16.5. The van der Waals surface area contributed by atoms with E-state index >= 15 is 0 Å². The molecule has 1 saturated heterocycles. The summed E-state index contributed by atoms with van der Waals surface area (Å²) in [7, 11) is 0. The maximum absolute atomic E-state index is 9.92. The van der Waals surface area contributed by atoms with Gasteiger partial charge in [0.25, 0.3) is 0 Å². The average molecular weight is 436 g/mol. The molecule has 1 aliphatic carbocycles. The zero-order valence-electron chi connectivity index (χ0n) is 18.7. The number of benzene rings is 1. The van der Waals surface area contributed by atoms with Gasteiger partial charge in [0.1, 0.15) is 12.2 Å². The Bertz CT molecular complexity index is 620. The molecule has 1 heterocycles. The number of ether oxygens (including phenoxy) is 1. The third-order valence-electron chi connectivity index (χ3n) is 6.84. The lowest BCUT2D eigenvalue weighted by atomic mass is 9.84. The number of aliphatic hydroxyl groups is 4. The Hall–Kier alpha value is -1.02. The summed E-state index contributed by atoms with van der Waals surface area (Å²) < 4.78 is 5.89. The molecule has 0 aromatic heterocycles. The second-order valence-corrected chi connectivity index (χ2v) is 9.42. The number of hydrogen-bond donors (Lipinski definition) is 4. The summed E-state index contributed by atoms with van der Waals surface area (Å²) in [6.07, 6.45) is 6.19. The molecular weight excluding hydrogens is 394 g/mol. The smallest absolute Gasteiger partial charge is 0.110 e. The van der Waals surface area contributed by atoms with Crippen molar-refractivity contribution in [3.05, 3.63) is 35.4 Å². The Morgan fingerprint density at radius 3 is 2.23 bits per heavy atom. The van der Waals surface area contributed by atoms with E-state index in [0.717, 1.165) is 44.8 Å². The highest BCUT2D eigenvalue weighted by molar-refractivity contribution is 5.26. The Balaban J connectivity index is 1.26. The lowest BCUT2D eigenvalue weighted by molar-refractivity contribution is -0.0894. The summed E-state index contributed by atoms with van der Waals surface area (Å²) in [6.45, 7) is 2.72. The molecular formula is C25H41NO5. The first-order valence-corrected chi connectivity index (χ1v) is 12.2. The van der Waals surface area contributed by atoms with Crippen LogP contribution in [0, 0.1) is 0 Å². The van der Waals surface area contributed by atoms with Crippen molar-refractivity contribution >= 4 is 0 Å². The van der Waals surface area contributed by atoms with E-state index in [-0.39, 0.29) is 13.1 Å². The molecule has 31 heavy (non-hydrogen) atoms. The zero-order valence-corrected chi connectivity index (χ0v) is 18.7. The molecule has 0 amide bonds. The molecule has 3 rings (SSSR count). The third-order valence-corrected chi connectivity index (χ3v) is 6.84. The van der Waals surface area contributed by atoms with Crippen LogP contribution in [0.1, 0.15) is 74.8 Å². The van der Waals surface area contributed by atoms with Crippen LogP contribution in [0.3, 0.4) is 0 Å². The fourth-order valence-corrected chi connectivity index (χ4v) is 4.91. The zero-order chi connectivity index (χ0) is 22.1. The van der Waals surface area contributed by atoms with Crippen molar-refractivity contribution in [1.82, 2.24) is 4.90 Å². The van der Waals surface area contributed by atoms with Crippen LogP contribution in [0.15, 0.2) is 24.3 Å². The standard InChI is InChI=1S/C25H41NO5/c27-22-16-26(17-23(28)25(30)24(22)29)13-6-1-2-7-14-31-18-19-9-8-12-21(15-19)20-10-4-3-5-11-20/h8-9,12,15,20,22-25,27-30H,1-7,10-11,13-14,16-18H2/t22-,23-,24+,25+/m0/s1. The Kier molecular flexibility index (Phi) is 10.2. The van der Waals surface area contributed by atoms with Gasteiger partial charge in [-0.25, -0.2) is 0 Å². The van der Waals surface area contributed by atoms with Crippen molar-refractivity contribution < 1.29 is 25.2 Å². The molecule has 0 bridgehead atoms. The molecule has 0 radical (unpaired) electrons. The molecule has 6 heteroatoms. The lowest BCUT2D eigenvalue weighted by Crippen LogP contribution is -2.43. The van der Waals surface area contributed by atoms with E-state index in [1.54, 1.807) is 0 Å². The lowest BCUT2D eigenvalue weighted by Gasteiger charge is -2.23. The SMILES string of the molecule is O[C@H]1[C@H](O)[C@@H](O)CN(CCCCCCOCc2cccc(C3CCCCC3)c2)C[C@@H]1O. The third kappa shape index (κ3) is 7.81. The first-order chi connectivity index (χ1) is 15.0. The van der Waals surface area contributed by atoms with Gasteiger partial charge in [-0.1, -0.05) is 56.4 Å². The van der Waals surface area contributed by atoms with Gasteiger partial charge in [-0.05, 0) is 49.3 Å². The predicted molar refractivity (Wildman–Crippen MR) is 121 cm³/mol. The van der Waals surface area contributed by atoms with Crippen LogP contribution in [0.2, 0.25) is 0 Å². The molecule has 4 atom stereocenters. The molecule has 1 aromatic rings. The molecule has 4 N–H and O–H groups in total. The molecule has 2 aliphatic rings. The van der Waals surface area contributed by atoms with Gasteiger partial charge < -0.3 is 25.2 Å². The number of aliphatic hydroxyl groups excluding tert-OH is 4. The Morgan fingerprint density at radius 1 is 0.839 bits per heavy atom. The van der Waals surface area contributed by atoms with Crippen molar-refractivity contribution in [2.45, 2.75) is 94.7 Å². The maximum Gasteiger partial charge on any atom is 0.110 e. The van der Waals surface area contributed by atoms with Gasteiger partial charge in [-0.15, -0.1) is 0 Å². The van der Waals surface area contributed by atoms with Crippen molar-refractivity contribution in [3.63, 3.8) is 0 Å². The van der Waals surface area contributed by atoms with E-state index in [2.05, 4.69) is 24.3 Å². The second-order valence-electron chi connectivity index (χ2n) is 9.42. The van der Waals surface area contributed by atoms with Crippen LogP contribution in [0.5, 0.6) is 0 Å². The van der Waals surface area contributed by atoms with Crippen molar-refractivity contribution in [1.29, 1.82) is 0 Å². The molecule has 176 valence electrons. The summed E-state index contributed by atoms with van der Waals surface area (Å²) in [4.78, 5) is 1.92. The van der Waals surface area contributed by atoms with Crippen LogP contribution in [0.4, 0.5) is 0 Å². The first-order valence-electron chi connectivity index (χ1n) is 12.2. The minimum atomic E-state index is -1.29. The van der Waals surface area contributed by atoms with Crippen LogP contribution in [0.25, 0.3) is 0 Å². The quantitative estimate of drug-likeness (QED) is 0.422. The molecule has 0 spiro atoms. The Labute approximate surface area is 186 Å². The number of β-amino-alcohol motifs (C(OH)–C–C–N with tert-alkyl or cyclic N) is 2. The minimum absolute atomic E-state index is 0.276. The van der Waals surface area contributed by atoms with Crippen molar-refractivity contribution in [3.8, 4) is 0 Å². The normalized spacial score (nSPS) is 28.5. The van der Waals surface area contributed by atoms with E-state index in [4.69, 9.17) is 4.74 Å². The predicted octanol–water partition coefficient (Wildman–Crippen LogP) is 2.57. The van der Waals surface area contributed by atoms with E-state index in [1.165, 1.54) is 43.2 Å². The monoisotopic (exact) mass is 435 g/mol. The number of nitrogens with zero attached hydrogens (tertiary/aromatic N) is 1. The fourth-order valence-electron chi connectivity index (χ4n) is 4.91. The van der Waals surface area contributed by atoms with Gasteiger partial charge in [0.05, 0.1) is 18.8 Å². The summed E-state index contributed by atoms with van der Waals surface area (Å²) in [5.74, 6) is 0.728.